The summed E-state index contributed by atoms with van der Waals surface area (Å²) in [4.78, 5) is 16.1. The van der Waals surface area contributed by atoms with E-state index >= 15 is 0 Å². The first-order valence-electron chi connectivity index (χ1n) is 5.59. The van der Waals surface area contributed by atoms with E-state index in [1.54, 1.807) is 6.20 Å². The van der Waals surface area contributed by atoms with Crippen LogP contribution in [-0.4, -0.2) is 9.97 Å². The zero-order chi connectivity index (χ0) is 10.2. The first-order chi connectivity index (χ1) is 6.83. The van der Waals surface area contributed by atoms with Gasteiger partial charge in [0.15, 0.2) is 0 Å². The van der Waals surface area contributed by atoms with Gasteiger partial charge in [0.1, 0.15) is 0 Å². The van der Waals surface area contributed by atoms with Crippen LogP contribution in [0.4, 0.5) is 0 Å². The largest absolute Gasteiger partial charge is 0.323 e. The molecule has 1 aromatic rings. The molecule has 0 bridgehead atoms. The Kier molecular flexibility index (Phi) is 5.12. The lowest BCUT2D eigenvalue weighted by Gasteiger charge is -1.98. The average Bonchev–Trinajstić information content (AvgIpc) is 2.58. The molecule has 0 aliphatic carbocycles. The zero-order valence-corrected chi connectivity index (χ0v) is 8.94. The quantitative estimate of drug-likeness (QED) is 0.647. The summed E-state index contributed by atoms with van der Waals surface area (Å²) in [7, 11) is 0. The van der Waals surface area contributed by atoms with E-state index in [1.165, 1.54) is 38.5 Å². The van der Waals surface area contributed by atoms with Crippen LogP contribution < -0.4 is 5.69 Å². The molecule has 0 saturated heterocycles. The molecular weight excluding hydrogens is 176 g/mol. The number of rotatable bonds is 7. The highest BCUT2D eigenvalue weighted by Crippen LogP contribution is 2.07. The summed E-state index contributed by atoms with van der Waals surface area (Å²) < 4.78 is 0. The Morgan fingerprint density at radius 1 is 1.14 bits per heavy atom. The Bertz CT molecular complexity index is 287. The Balaban J connectivity index is 2.02. The number of hydrogen-bond donors (Lipinski definition) is 2. The lowest BCUT2D eigenvalue weighted by atomic mass is 10.1. The minimum atomic E-state index is -0.0917. The van der Waals surface area contributed by atoms with Crippen LogP contribution in [0.2, 0.25) is 0 Å². The molecule has 2 N–H and O–H groups in total. The molecule has 0 spiro atoms. The van der Waals surface area contributed by atoms with Crippen molar-refractivity contribution in [3.05, 3.63) is 22.4 Å². The second-order valence-corrected chi connectivity index (χ2v) is 3.79. The fourth-order valence-corrected chi connectivity index (χ4v) is 1.60. The predicted octanol–water partition coefficient (Wildman–Crippen LogP) is 2.61. The lowest BCUT2D eigenvalue weighted by molar-refractivity contribution is 0.605. The summed E-state index contributed by atoms with van der Waals surface area (Å²) in [6.07, 6.45) is 10.5. The van der Waals surface area contributed by atoms with Gasteiger partial charge >= 0.3 is 5.69 Å². The van der Waals surface area contributed by atoms with Crippen LogP contribution in [0.1, 0.15) is 51.1 Å². The molecule has 0 saturated carbocycles. The molecule has 1 rings (SSSR count). The van der Waals surface area contributed by atoms with Crippen LogP contribution in [-0.2, 0) is 6.42 Å². The minimum absolute atomic E-state index is 0.0917. The summed E-state index contributed by atoms with van der Waals surface area (Å²) in [6.45, 7) is 2.23. The average molecular weight is 196 g/mol. The first kappa shape index (κ1) is 11.1. The van der Waals surface area contributed by atoms with Gasteiger partial charge < -0.3 is 9.97 Å². The Hall–Kier alpha value is -0.990. The number of aromatic amines is 2. The molecule has 1 aromatic heterocycles. The van der Waals surface area contributed by atoms with Crippen LogP contribution in [0.25, 0.3) is 0 Å². The van der Waals surface area contributed by atoms with E-state index < -0.39 is 0 Å². The molecule has 0 aliphatic rings. The van der Waals surface area contributed by atoms with Crippen LogP contribution in [0, 0.1) is 0 Å². The molecule has 3 heteroatoms. The third-order valence-corrected chi connectivity index (χ3v) is 2.45. The molecule has 0 fully saturated rings. The molecular formula is C11H20N2O. The van der Waals surface area contributed by atoms with Crippen molar-refractivity contribution in [1.82, 2.24) is 9.97 Å². The number of imidazole rings is 1. The van der Waals surface area contributed by atoms with E-state index in [4.69, 9.17) is 0 Å². The van der Waals surface area contributed by atoms with Crippen LogP contribution in [0.5, 0.6) is 0 Å². The van der Waals surface area contributed by atoms with E-state index in [0.717, 1.165) is 12.1 Å². The molecule has 0 radical (unpaired) electrons. The van der Waals surface area contributed by atoms with Gasteiger partial charge in [0.2, 0.25) is 0 Å². The topological polar surface area (TPSA) is 48.6 Å². The van der Waals surface area contributed by atoms with Crippen molar-refractivity contribution < 1.29 is 0 Å². The normalized spacial score (nSPS) is 10.6. The standard InChI is InChI=1S/C11H20N2O/c1-2-3-4-5-6-7-8-10-9-12-11(14)13-10/h9H,2-8H2,1H3,(H2,12,13,14). The Labute approximate surface area is 84.9 Å². The fourth-order valence-electron chi connectivity index (χ4n) is 1.60. The highest BCUT2D eigenvalue weighted by molar-refractivity contribution is 4.94. The third-order valence-electron chi connectivity index (χ3n) is 2.45. The summed E-state index contributed by atoms with van der Waals surface area (Å²) in [5.41, 5.74) is 0.941. The van der Waals surface area contributed by atoms with Crippen LogP contribution in [0.15, 0.2) is 11.0 Å². The van der Waals surface area contributed by atoms with E-state index in [2.05, 4.69) is 16.9 Å². The number of nitrogens with one attached hydrogen (secondary N) is 2. The number of aromatic nitrogens is 2. The lowest BCUT2D eigenvalue weighted by Crippen LogP contribution is -2.01. The molecule has 0 aromatic carbocycles. The molecule has 0 unspecified atom stereocenters. The molecule has 0 atom stereocenters. The Morgan fingerprint density at radius 2 is 1.86 bits per heavy atom. The second kappa shape index (κ2) is 6.46. The van der Waals surface area contributed by atoms with Crippen LogP contribution in [0.3, 0.4) is 0 Å². The van der Waals surface area contributed by atoms with Crippen molar-refractivity contribution in [3.8, 4) is 0 Å². The van der Waals surface area contributed by atoms with Crippen molar-refractivity contribution in [2.24, 2.45) is 0 Å². The maximum absolute atomic E-state index is 10.8. The fraction of sp³-hybridized carbons (Fsp3) is 0.727. The first-order valence-corrected chi connectivity index (χ1v) is 5.59. The summed E-state index contributed by atoms with van der Waals surface area (Å²) >= 11 is 0. The van der Waals surface area contributed by atoms with Crippen molar-refractivity contribution in [2.45, 2.75) is 51.9 Å². The van der Waals surface area contributed by atoms with Crippen molar-refractivity contribution in [2.75, 3.05) is 0 Å². The summed E-state index contributed by atoms with van der Waals surface area (Å²) in [5, 5.41) is 0. The number of H-pyrrole nitrogens is 2. The van der Waals surface area contributed by atoms with Gasteiger partial charge in [-0.25, -0.2) is 4.79 Å². The van der Waals surface area contributed by atoms with Gasteiger partial charge in [0.05, 0.1) is 0 Å². The van der Waals surface area contributed by atoms with E-state index in [0.29, 0.717) is 0 Å². The highest BCUT2D eigenvalue weighted by Gasteiger charge is 1.95. The molecule has 14 heavy (non-hydrogen) atoms. The highest BCUT2D eigenvalue weighted by atomic mass is 16.1. The van der Waals surface area contributed by atoms with Gasteiger partial charge in [-0.2, -0.15) is 0 Å². The van der Waals surface area contributed by atoms with Gasteiger partial charge in [-0.3, -0.25) is 0 Å². The number of aryl methyl sites for hydroxylation is 1. The van der Waals surface area contributed by atoms with Crippen LogP contribution >= 0.6 is 0 Å². The number of hydrogen-bond acceptors (Lipinski definition) is 1. The van der Waals surface area contributed by atoms with Gasteiger partial charge in [-0.05, 0) is 12.8 Å². The van der Waals surface area contributed by atoms with Gasteiger partial charge in [-0.15, -0.1) is 0 Å². The SMILES string of the molecule is CCCCCCCCc1c[nH]c(=O)[nH]1. The summed E-state index contributed by atoms with van der Waals surface area (Å²) in [5.74, 6) is 0. The maximum atomic E-state index is 10.8. The van der Waals surface area contributed by atoms with E-state index in [1.807, 2.05) is 0 Å². The monoisotopic (exact) mass is 196 g/mol. The van der Waals surface area contributed by atoms with E-state index in [9.17, 15) is 4.79 Å². The minimum Gasteiger partial charge on any atom is -0.313 e. The van der Waals surface area contributed by atoms with Gasteiger partial charge in [0, 0.05) is 11.9 Å². The summed E-state index contributed by atoms with van der Waals surface area (Å²) in [6, 6.07) is 0. The van der Waals surface area contributed by atoms with E-state index in [-0.39, 0.29) is 5.69 Å². The number of unbranched alkanes of at least 4 members (excludes halogenated alkanes) is 5. The molecule has 80 valence electrons. The smallest absolute Gasteiger partial charge is 0.313 e. The predicted molar refractivity (Wildman–Crippen MR) is 58.5 cm³/mol. The van der Waals surface area contributed by atoms with Gasteiger partial charge in [0.25, 0.3) is 0 Å². The zero-order valence-electron chi connectivity index (χ0n) is 8.94. The maximum Gasteiger partial charge on any atom is 0.323 e. The van der Waals surface area contributed by atoms with Gasteiger partial charge in [-0.1, -0.05) is 39.0 Å². The van der Waals surface area contributed by atoms with Crippen molar-refractivity contribution in [3.63, 3.8) is 0 Å². The Morgan fingerprint density at radius 3 is 2.50 bits per heavy atom. The molecule has 3 nitrogen and oxygen atoms in total. The van der Waals surface area contributed by atoms with Crippen molar-refractivity contribution >= 4 is 0 Å². The molecule has 0 amide bonds. The molecule has 1 heterocycles. The van der Waals surface area contributed by atoms with Crippen molar-refractivity contribution in [1.29, 1.82) is 0 Å². The molecule has 0 aliphatic heterocycles. The second-order valence-electron chi connectivity index (χ2n) is 3.79. The third kappa shape index (κ3) is 4.30.